The van der Waals surface area contributed by atoms with Crippen LogP contribution in [0.5, 0.6) is 5.88 Å². The highest BCUT2D eigenvalue weighted by Crippen LogP contribution is 2.03. The van der Waals surface area contributed by atoms with Gasteiger partial charge >= 0.3 is 0 Å². The van der Waals surface area contributed by atoms with E-state index in [1.165, 1.54) is 18.2 Å². The zero-order valence-electron chi connectivity index (χ0n) is 4.53. The topological polar surface area (TPSA) is 56.6 Å². The first-order valence-electron chi connectivity index (χ1n) is 2.37. The quantitative estimate of drug-likeness (QED) is 0.513. The average molecular weight is 119 g/mol. The molecule has 9 heavy (non-hydrogen) atoms. The van der Waals surface area contributed by atoms with E-state index in [9.17, 15) is 5.11 Å². The number of pyridine rings is 1. The molecule has 3 heteroatoms. The molecule has 3 nitrogen and oxygen atoms in total. The van der Waals surface area contributed by atoms with Gasteiger partial charge in [0.1, 0.15) is 11.8 Å². The number of aromatic nitrogens is 1. The third-order valence-electron chi connectivity index (χ3n) is 0.838. The van der Waals surface area contributed by atoms with Gasteiger partial charge in [0.15, 0.2) is 0 Å². The van der Waals surface area contributed by atoms with Crippen LogP contribution in [0.15, 0.2) is 18.2 Å². The fraction of sp³-hybridized carbons (Fsp3) is 0. The Hall–Kier alpha value is -1.56. The van der Waals surface area contributed by atoms with Crippen molar-refractivity contribution >= 4 is 0 Å². The molecule has 1 radical (unpaired) electrons. The maximum atomic E-state index is 10.4. The summed E-state index contributed by atoms with van der Waals surface area (Å²) in [6.07, 6.45) is 0. The van der Waals surface area contributed by atoms with Crippen LogP contribution in [0.1, 0.15) is 5.69 Å². The average Bonchev–Trinajstić information content (AvgIpc) is 1.88. The molecule has 43 valence electrons. The molecule has 0 aliphatic heterocycles. The van der Waals surface area contributed by atoms with Gasteiger partial charge in [-0.2, -0.15) is 10.2 Å². The summed E-state index contributed by atoms with van der Waals surface area (Å²) in [5, 5.41) is 18.6. The fourth-order valence-corrected chi connectivity index (χ4v) is 0.477. The van der Waals surface area contributed by atoms with Crippen LogP contribution in [0.2, 0.25) is 0 Å². The largest absolute Gasteiger partial charge is 0.270 e. The van der Waals surface area contributed by atoms with Crippen LogP contribution in [0.3, 0.4) is 0 Å². The second-order valence-electron chi connectivity index (χ2n) is 1.47. The molecule has 0 bridgehead atoms. The first-order valence-corrected chi connectivity index (χ1v) is 2.37. The molecule has 1 aromatic heterocycles. The lowest BCUT2D eigenvalue weighted by molar-refractivity contribution is 0.337. The lowest BCUT2D eigenvalue weighted by Crippen LogP contribution is -1.77. The highest BCUT2D eigenvalue weighted by Gasteiger charge is 1.92. The first-order chi connectivity index (χ1) is 4.33. The molecule has 0 N–H and O–H groups in total. The molecule has 0 aliphatic rings. The summed E-state index contributed by atoms with van der Waals surface area (Å²) in [4.78, 5) is 3.38. The summed E-state index contributed by atoms with van der Waals surface area (Å²) < 4.78 is 0. The summed E-state index contributed by atoms with van der Waals surface area (Å²) in [5.74, 6) is -0.367. The SMILES string of the molecule is N#Cc1cccc([O])n1. The Morgan fingerprint density at radius 1 is 1.56 bits per heavy atom. The van der Waals surface area contributed by atoms with Gasteiger partial charge in [-0.05, 0) is 6.07 Å². The Morgan fingerprint density at radius 3 is 2.78 bits per heavy atom. The Bertz CT molecular complexity index is 251. The van der Waals surface area contributed by atoms with Crippen LogP contribution in [0.25, 0.3) is 0 Å². The van der Waals surface area contributed by atoms with Crippen molar-refractivity contribution in [2.24, 2.45) is 0 Å². The minimum atomic E-state index is -0.367. The van der Waals surface area contributed by atoms with Crippen molar-refractivity contribution in [3.8, 4) is 11.9 Å². The predicted octanol–water partition coefficient (Wildman–Crippen LogP) is 1.10. The maximum absolute atomic E-state index is 10.4. The number of nitriles is 1. The molecule has 0 spiro atoms. The van der Waals surface area contributed by atoms with E-state index in [0.29, 0.717) is 0 Å². The van der Waals surface area contributed by atoms with Crippen molar-refractivity contribution in [1.29, 1.82) is 5.26 Å². The van der Waals surface area contributed by atoms with Crippen LogP contribution in [-0.4, -0.2) is 4.98 Å². The summed E-state index contributed by atoms with van der Waals surface area (Å²) in [6, 6.07) is 6.06. The molecule has 0 fully saturated rings. The predicted molar refractivity (Wildman–Crippen MR) is 29.1 cm³/mol. The number of rotatable bonds is 0. The van der Waals surface area contributed by atoms with Crippen LogP contribution in [-0.2, 0) is 5.11 Å². The minimum Gasteiger partial charge on any atom is -0.267 e. The Kier molecular flexibility index (Phi) is 1.32. The zero-order chi connectivity index (χ0) is 6.69. The molecule has 0 saturated carbocycles. The Balaban J connectivity index is 3.12. The van der Waals surface area contributed by atoms with Gasteiger partial charge in [-0.15, -0.1) is 0 Å². The molecule has 0 saturated heterocycles. The molecule has 0 amide bonds. The van der Waals surface area contributed by atoms with E-state index in [2.05, 4.69) is 4.98 Å². The molecule has 0 atom stereocenters. The Morgan fingerprint density at radius 2 is 2.33 bits per heavy atom. The molecule has 1 heterocycles. The van der Waals surface area contributed by atoms with E-state index in [1.54, 1.807) is 6.07 Å². The standard InChI is InChI=1S/C6H3N2O/c7-4-5-2-1-3-6(9)8-5/h1-3H. The molecule has 0 unspecified atom stereocenters. The summed E-state index contributed by atoms with van der Waals surface area (Å²) in [7, 11) is 0. The normalized spacial score (nSPS) is 8.33. The molecule has 1 aromatic rings. The second-order valence-corrected chi connectivity index (χ2v) is 1.47. The van der Waals surface area contributed by atoms with Crippen LogP contribution in [0.4, 0.5) is 0 Å². The van der Waals surface area contributed by atoms with Gasteiger partial charge in [-0.1, -0.05) is 6.07 Å². The molecule has 0 aliphatic carbocycles. The van der Waals surface area contributed by atoms with Gasteiger partial charge in [-0.3, -0.25) is 5.11 Å². The monoisotopic (exact) mass is 119 g/mol. The Labute approximate surface area is 52.2 Å². The zero-order valence-corrected chi connectivity index (χ0v) is 4.53. The third kappa shape index (κ3) is 1.16. The van der Waals surface area contributed by atoms with Gasteiger partial charge in [0, 0.05) is 6.07 Å². The molecular formula is C6H3N2O. The number of hydrogen-bond donors (Lipinski definition) is 0. The molecule has 0 aromatic carbocycles. The van der Waals surface area contributed by atoms with Crippen LogP contribution < -0.4 is 0 Å². The number of nitrogens with zero attached hydrogens (tertiary/aromatic N) is 2. The number of hydrogen-bond acceptors (Lipinski definition) is 2. The molecule has 1 rings (SSSR count). The van der Waals surface area contributed by atoms with E-state index < -0.39 is 0 Å². The van der Waals surface area contributed by atoms with Gasteiger partial charge in [0.2, 0.25) is 0 Å². The first kappa shape index (κ1) is 5.57. The maximum Gasteiger partial charge on any atom is 0.270 e. The van der Waals surface area contributed by atoms with Crippen molar-refractivity contribution in [3.63, 3.8) is 0 Å². The minimum absolute atomic E-state index is 0.169. The van der Waals surface area contributed by atoms with E-state index in [0.717, 1.165) is 0 Å². The second kappa shape index (κ2) is 2.14. The van der Waals surface area contributed by atoms with Crippen molar-refractivity contribution in [2.75, 3.05) is 0 Å². The lowest BCUT2D eigenvalue weighted by Gasteiger charge is -1.83. The van der Waals surface area contributed by atoms with Crippen LogP contribution >= 0.6 is 0 Å². The van der Waals surface area contributed by atoms with Crippen molar-refractivity contribution in [3.05, 3.63) is 23.9 Å². The summed E-state index contributed by atoms with van der Waals surface area (Å²) in [5.41, 5.74) is 0.169. The van der Waals surface area contributed by atoms with E-state index in [4.69, 9.17) is 5.26 Å². The van der Waals surface area contributed by atoms with Gasteiger partial charge in [0.25, 0.3) is 5.88 Å². The van der Waals surface area contributed by atoms with Gasteiger partial charge in [-0.25, -0.2) is 0 Å². The third-order valence-corrected chi connectivity index (χ3v) is 0.838. The summed E-state index contributed by atoms with van der Waals surface area (Å²) in [6.45, 7) is 0. The summed E-state index contributed by atoms with van der Waals surface area (Å²) >= 11 is 0. The fourth-order valence-electron chi connectivity index (χ4n) is 0.477. The lowest BCUT2D eigenvalue weighted by atomic mass is 10.4. The van der Waals surface area contributed by atoms with Crippen molar-refractivity contribution < 1.29 is 5.11 Å². The molecular weight excluding hydrogens is 116 g/mol. The highest BCUT2D eigenvalue weighted by atomic mass is 16.3. The van der Waals surface area contributed by atoms with Gasteiger partial charge < -0.3 is 0 Å². The van der Waals surface area contributed by atoms with Gasteiger partial charge in [0.05, 0.1) is 0 Å². The van der Waals surface area contributed by atoms with Crippen molar-refractivity contribution in [1.82, 2.24) is 4.98 Å². The van der Waals surface area contributed by atoms with E-state index >= 15 is 0 Å². The van der Waals surface area contributed by atoms with Crippen LogP contribution in [0, 0.1) is 11.3 Å². The highest BCUT2D eigenvalue weighted by molar-refractivity contribution is 5.23. The van der Waals surface area contributed by atoms with E-state index in [-0.39, 0.29) is 11.6 Å². The smallest absolute Gasteiger partial charge is 0.267 e. The van der Waals surface area contributed by atoms with Crippen molar-refractivity contribution in [2.45, 2.75) is 0 Å². The van der Waals surface area contributed by atoms with E-state index in [1.807, 2.05) is 0 Å².